The standard InChI is InChI=1S/C26H27N5O4/c32-24(29-17-22-7-4-13-27-16-22)15-25(33)31-30-18-21-8-10-23(11-9-21)35-19-26(34)28-14-12-20-5-2-1-3-6-20/h1-11,13,16,18H,12,14-15,17,19H2,(H,28,34)(H,29,32)(H,31,33)/b30-18+. The van der Waals surface area contributed by atoms with Crippen LogP contribution >= 0.6 is 0 Å². The molecule has 180 valence electrons. The molecule has 0 spiro atoms. The molecule has 0 saturated carbocycles. The molecule has 1 heterocycles. The van der Waals surface area contributed by atoms with Gasteiger partial charge >= 0.3 is 0 Å². The molecular weight excluding hydrogens is 446 g/mol. The summed E-state index contributed by atoms with van der Waals surface area (Å²) in [6.07, 6.45) is 5.16. The van der Waals surface area contributed by atoms with Crippen molar-refractivity contribution in [1.29, 1.82) is 0 Å². The maximum absolute atomic E-state index is 11.9. The van der Waals surface area contributed by atoms with Crippen molar-refractivity contribution in [2.75, 3.05) is 13.2 Å². The van der Waals surface area contributed by atoms with Gasteiger partial charge in [-0.2, -0.15) is 5.10 Å². The maximum Gasteiger partial charge on any atom is 0.257 e. The van der Waals surface area contributed by atoms with E-state index in [1.165, 1.54) is 6.21 Å². The van der Waals surface area contributed by atoms with Crippen LogP contribution in [0.4, 0.5) is 0 Å². The molecular formula is C26H27N5O4. The molecule has 9 nitrogen and oxygen atoms in total. The van der Waals surface area contributed by atoms with Crippen molar-refractivity contribution in [2.24, 2.45) is 5.10 Å². The molecule has 9 heteroatoms. The third-order valence-electron chi connectivity index (χ3n) is 4.77. The van der Waals surface area contributed by atoms with E-state index in [0.717, 1.165) is 17.5 Å². The first-order valence-electron chi connectivity index (χ1n) is 11.1. The Morgan fingerprint density at radius 3 is 2.37 bits per heavy atom. The average Bonchev–Trinajstić information content (AvgIpc) is 2.88. The summed E-state index contributed by atoms with van der Waals surface area (Å²) in [6.45, 7) is 0.758. The summed E-state index contributed by atoms with van der Waals surface area (Å²) in [6, 6.07) is 20.4. The van der Waals surface area contributed by atoms with Crippen molar-refractivity contribution in [1.82, 2.24) is 21.0 Å². The van der Waals surface area contributed by atoms with Crippen LogP contribution in [-0.2, 0) is 27.3 Å². The van der Waals surface area contributed by atoms with E-state index in [4.69, 9.17) is 4.74 Å². The molecule has 3 N–H and O–H groups in total. The lowest BCUT2D eigenvalue weighted by Gasteiger charge is -2.08. The highest BCUT2D eigenvalue weighted by Gasteiger charge is 2.08. The summed E-state index contributed by atoms with van der Waals surface area (Å²) in [4.78, 5) is 39.6. The molecule has 3 aromatic rings. The number of aromatic nitrogens is 1. The van der Waals surface area contributed by atoms with Crippen molar-refractivity contribution in [3.8, 4) is 5.75 Å². The molecule has 0 atom stereocenters. The Bertz CT molecular complexity index is 1120. The lowest BCUT2D eigenvalue weighted by molar-refractivity contribution is -0.129. The number of amides is 3. The van der Waals surface area contributed by atoms with E-state index in [-0.39, 0.29) is 18.9 Å². The molecule has 3 rings (SSSR count). The summed E-state index contributed by atoms with van der Waals surface area (Å²) < 4.78 is 5.49. The van der Waals surface area contributed by atoms with Gasteiger partial charge in [0.15, 0.2) is 6.61 Å². The van der Waals surface area contributed by atoms with Crippen LogP contribution < -0.4 is 20.8 Å². The lowest BCUT2D eigenvalue weighted by Crippen LogP contribution is -2.30. The summed E-state index contributed by atoms with van der Waals surface area (Å²) in [5.41, 5.74) is 5.03. The molecule has 2 aromatic carbocycles. The zero-order valence-electron chi connectivity index (χ0n) is 19.1. The Kier molecular flexibility index (Phi) is 9.96. The Balaban J connectivity index is 1.31. The van der Waals surface area contributed by atoms with Gasteiger partial charge in [-0.15, -0.1) is 0 Å². The molecule has 0 radical (unpaired) electrons. The topological polar surface area (TPSA) is 122 Å². The number of carbonyl (C=O) groups excluding carboxylic acids is 3. The quantitative estimate of drug-likeness (QED) is 0.211. The first-order valence-corrected chi connectivity index (χ1v) is 11.1. The number of carbonyl (C=O) groups is 3. The number of benzene rings is 2. The molecule has 0 fully saturated rings. The van der Waals surface area contributed by atoms with Crippen LogP contribution in [0.2, 0.25) is 0 Å². The minimum Gasteiger partial charge on any atom is -0.484 e. The van der Waals surface area contributed by atoms with Crippen LogP contribution in [0.25, 0.3) is 0 Å². The zero-order valence-corrected chi connectivity index (χ0v) is 19.1. The van der Waals surface area contributed by atoms with Crippen molar-refractivity contribution >= 4 is 23.9 Å². The first kappa shape index (κ1) is 25.1. The van der Waals surface area contributed by atoms with Gasteiger partial charge in [0, 0.05) is 25.5 Å². The summed E-state index contributed by atoms with van der Waals surface area (Å²) >= 11 is 0. The van der Waals surface area contributed by atoms with Crippen LogP contribution in [0, 0.1) is 0 Å². The molecule has 0 saturated heterocycles. The first-order chi connectivity index (χ1) is 17.1. The van der Waals surface area contributed by atoms with E-state index in [1.807, 2.05) is 36.4 Å². The van der Waals surface area contributed by atoms with Gasteiger partial charge in [0.25, 0.3) is 5.91 Å². The lowest BCUT2D eigenvalue weighted by atomic mass is 10.1. The van der Waals surface area contributed by atoms with Crippen LogP contribution in [-0.4, -0.2) is 42.1 Å². The van der Waals surface area contributed by atoms with Gasteiger partial charge in [-0.1, -0.05) is 36.4 Å². The van der Waals surface area contributed by atoms with Crippen LogP contribution in [0.1, 0.15) is 23.1 Å². The fraction of sp³-hybridized carbons (Fsp3) is 0.192. The number of nitrogens with one attached hydrogen (secondary N) is 3. The van der Waals surface area contributed by atoms with Gasteiger partial charge in [-0.05, 0) is 53.4 Å². The molecule has 3 amide bonds. The SMILES string of the molecule is O=C(COc1ccc(/C=N/NC(=O)CC(=O)NCc2cccnc2)cc1)NCCc1ccccc1. The van der Waals surface area contributed by atoms with Gasteiger partial charge < -0.3 is 15.4 Å². The Hall–Kier alpha value is -4.53. The van der Waals surface area contributed by atoms with E-state index in [0.29, 0.717) is 24.4 Å². The molecule has 0 aliphatic rings. The number of hydrogen-bond donors (Lipinski definition) is 3. The zero-order chi connectivity index (χ0) is 24.7. The fourth-order valence-corrected chi connectivity index (χ4v) is 2.97. The van der Waals surface area contributed by atoms with E-state index in [1.54, 1.807) is 42.7 Å². The van der Waals surface area contributed by atoms with Crippen molar-refractivity contribution < 1.29 is 19.1 Å². The van der Waals surface area contributed by atoms with E-state index < -0.39 is 11.8 Å². The highest BCUT2D eigenvalue weighted by Crippen LogP contribution is 2.11. The largest absolute Gasteiger partial charge is 0.484 e. The monoisotopic (exact) mass is 473 g/mol. The average molecular weight is 474 g/mol. The normalized spacial score (nSPS) is 10.5. The number of rotatable bonds is 12. The van der Waals surface area contributed by atoms with Crippen LogP contribution in [0.15, 0.2) is 84.2 Å². The Morgan fingerprint density at radius 1 is 0.857 bits per heavy atom. The fourth-order valence-electron chi connectivity index (χ4n) is 2.97. The minimum atomic E-state index is -0.525. The van der Waals surface area contributed by atoms with Crippen molar-refractivity contribution in [3.63, 3.8) is 0 Å². The minimum absolute atomic E-state index is 0.0822. The molecule has 1 aromatic heterocycles. The van der Waals surface area contributed by atoms with E-state index in [9.17, 15) is 14.4 Å². The highest BCUT2D eigenvalue weighted by molar-refractivity contribution is 5.97. The third-order valence-corrected chi connectivity index (χ3v) is 4.77. The second kappa shape index (κ2) is 13.9. The van der Waals surface area contributed by atoms with Gasteiger partial charge in [0.2, 0.25) is 11.8 Å². The summed E-state index contributed by atoms with van der Waals surface area (Å²) in [5.74, 6) is -0.594. The Morgan fingerprint density at radius 2 is 1.63 bits per heavy atom. The molecule has 35 heavy (non-hydrogen) atoms. The third kappa shape index (κ3) is 9.87. The van der Waals surface area contributed by atoms with Crippen LogP contribution in [0.5, 0.6) is 5.75 Å². The number of ether oxygens (including phenoxy) is 1. The van der Waals surface area contributed by atoms with Gasteiger partial charge in [0.1, 0.15) is 12.2 Å². The smallest absolute Gasteiger partial charge is 0.257 e. The van der Waals surface area contributed by atoms with Crippen molar-refractivity contribution in [2.45, 2.75) is 19.4 Å². The van der Waals surface area contributed by atoms with Gasteiger partial charge in [-0.3, -0.25) is 19.4 Å². The molecule has 0 unspecified atom stereocenters. The summed E-state index contributed by atoms with van der Waals surface area (Å²) in [7, 11) is 0. The molecule has 0 aliphatic carbocycles. The Labute approximate surface area is 203 Å². The number of nitrogens with zero attached hydrogens (tertiary/aromatic N) is 2. The van der Waals surface area contributed by atoms with Crippen LogP contribution in [0.3, 0.4) is 0 Å². The van der Waals surface area contributed by atoms with Gasteiger partial charge in [0.05, 0.1) is 6.21 Å². The molecule has 0 aliphatic heterocycles. The second-order valence-corrected chi connectivity index (χ2v) is 7.55. The predicted molar refractivity (Wildman–Crippen MR) is 132 cm³/mol. The number of hydrogen-bond acceptors (Lipinski definition) is 6. The predicted octanol–water partition coefficient (Wildman–Crippen LogP) is 1.98. The van der Waals surface area contributed by atoms with Gasteiger partial charge in [-0.25, -0.2) is 5.43 Å². The van der Waals surface area contributed by atoms with Crippen molar-refractivity contribution in [3.05, 3.63) is 95.8 Å². The molecule has 0 bridgehead atoms. The number of hydrazone groups is 1. The highest BCUT2D eigenvalue weighted by atomic mass is 16.5. The van der Waals surface area contributed by atoms with E-state index >= 15 is 0 Å². The summed E-state index contributed by atoms with van der Waals surface area (Å²) in [5, 5.41) is 9.33. The second-order valence-electron chi connectivity index (χ2n) is 7.55. The number of pyridine rings is 1. The van der Waals surface area contributed by atoms with E-state index in [2.05, 4.69) is 26.1 Å². The maximum atomic E-state index is 11.9.